The minimum atomic E-state index is -0.902. The number of rotatable bonds is 5. The summed E-state index contributed by atoms with van der Waals surface area (Å²) in [6.07, 6.45) is 3.28. The lowest BCUT2D eigenvalue weighted by Crippen LogP contribution is -2.29. The number of imidazole rings is 1. The third-order valence-electron chi connectivity index (χ3n) is 5.88. The molecule has 7 nitrogen and oxygen atoms in total. The van der Waals surface area contributed by atoms with E-state index in [-0.39, 0.29) is 11.9 Å². The fraction of sp³-hybridized carbons (Fsp3) is 0.348. The highest BCUT2D eigenvalue weighted by Gasteiger charge is 2.32. The van der Waals surface area contributed by atoms with Gasteiger partial charge in [0.2, 0.25) is 5.91 Å². The second-order valence-electron chi connectivity index (χ2n) is 8.21. The van der Waals surface area contributed by atoms with Gasteiger partial charge in [0.15, 0.2) is 0 Å². The van der Waals surface area contributed by atoms with Gasteiger partial charge in [-0.3, -0.25) is 9.69 Å². The number of carbonyl (C=O) groups excluding carboxylic acids is 1. The van der Waals surface area contributed by atoms with Crippen LogP contribution in [0.1, 0.15) is 43.1 Å². The van der Waals surface area contributed by atoms with Crippen LogP contribution in [0.3, 0.4) is 0 Å². The smallest absolute Gasteiger partial charge is 0.407 e. The minimum absolute atomic E-state index is 0.0721. The number of aromatic amines is 1. The molecule has 3 N–H and O–H groups in total. The van der Waals surface area contributed by atoms with E-state index in [1.165, 1.54) is 4.90 Å². The van der Waals surface area contributed by atoms with Gasteiger partial charge in [0.1, 0.15) is 5.82 Å². The number of aromatic nitrogens is 2. The van der Waals surface area contributed by atoms with Gasteiger partial charge in [-0.15, -0.1) is 0 Å². The molecule has 154 valence electrons. The highest BCUT2D eigenvalue weighted by atomic mass is 16.4. The average Bonchev–Trinajstić information content (AvgIpc) is 3.24. The summed E-state index contributed by atoms with van der Waals surface area (Å²) < 4.78 is 0. The molecule has 1 aliphatic heterocycles. The van der Waals surface area contributed by atoms with E-state index in [1.54, 1.807) is 0 Å². The van der Waals surface area contributed by atoms with Gasteiger partial charge in [-0.1, -0.05) is 30.3 Å². The molecule has 7 heteroatoms. The molecule has 5 rings (SSSR count). The molecule has 2 aliphatic rings. The third-order valence-corrected chi connectivity index (χ3v) is 5.88. The second kappa shape index (κ2) is 7.48. The standard InChI is InChI=1S/C23H24N4O3/c28-21(24-17-7-8-17)12-14-3-1-4-15(11-14)16-6-9-18-19(13-16)26-22(25-18)20-5-2-10-27(20)23(29)30/h1,3-4,6,9,11,13,17,20H,2,5,7-8,10,12H2,(H,24,28)(H,25,26)(H,29,30). The number of nitrogens with zero attached hydrogens (tertiary/aromatic N) is 2. The van der Waals surface area contributed by atoms with Crippen LogP contribution in [0.5, 0.6) is 0 Å². The maximum Gasteiger partial charge on any atom is 0.407 e. The molecule has 0 bridgehead atoms. The Morgan fingerprint density at radius 1 is 1.13 bits per heavy atom. The molecule has 1 aromatic heterocycles. The number of hydrogen-bond acceptors (Lipinski definition) is 3. The lowest BCUT2D eigenvalue weighted by Gasteiger charge is -2.19. The predicted octanol–water partition coefficient (Wildman–Crippen LogP) is 3.87. The molecule has 0 radical (unpaired) electrons. The zero-order chi connectivity index (χ0) is 20.7. The van der Waals surface area contributed by atoms with Crippen molar-refractivity contribution < 1.29 is 14.7 Å². The minimum Gasteiger partial charge on any atom is -0.465 e. The number of hydrogen-bond donors (Lipinski definition) is 3. The van der Waals surface area contributed by atoms with Gasteiger partial charge < -0.3 is 15.4 Å². The average molecular weight is 404 g/mol. The maximum absolute atomic E-state index is 12.1. The fourth-order valence-electron chi connectivity index (χ4n) is 4.20. The van der Waals surface area contributed by atoms with Crippen LogP contribution in [0.2, 0.25) is 0 Å². The number of amides is 2. The quantitative estimate of drug-likeness (QED) is 0.601. The number of likely N-dealkylation sites (tertiary alicyclic amines) is 1. The Balaban J connectivity index is 1.39. The largest absolute Gasteiger partial charge is 0.465 e. The summed E-state index contributed by atoms with van der Waals surface area (Å²) in [6.45, 7) is 0.545. The normalized spacial score (nSPS) is 18.7. The van der Waals surface area contributed by atoms with Crippen LogP contribution in [-0.4, -0.2) is 44.6 Å². The summed E-state index contributed by atoms with van der Waals surface area (Å²) >= 11 is 0. The predicted molar refractivity (Wildman–Crippen MR) is 113 cm³/mol. The fourth-order valence-corrected chi connectivity index (χ4v) is 4.20. The summed E-state index contributed by atoms with van der Waals surface area (Å²) in [5.74, 6) is 0.774. The van der Waals surface area contributed by atoms with Crippen molar-refractivity contribution in [3.05, 3.63) is 53.9 Å². The van der Waals surface area contributed by atoms with Crippen LogP contribution in [0.25, 0.3) is 22.2 Å². The molecule has 2 amide bonds. The topological polar surface area (TPSA) is 98.3 Å². The molecular formula is C23H24N4O3. The lowest BCUT2D eigenvalue weighted by molar-refractivity contribution is -0.120. The van der Waals surface area contributed by atoms with Crippen molar-refractivity contribution in [1.82, 2.24) is 20.2 Å². The number of carbonyl (C=O) groups is 2. The molecule has 1 atom stereocenters. The Kier molecular flexibility index (Phi) is 4.65. The first-order valence-electron chi connectivity index (χ1n) is 10.4. The summed E-state index contributed by atoms with van der Waals surface area (Å²) in [5, 5.41) is 12.4. The van der Waals surface area contributed by atoms with Crippen LogP contribution in [0.4, 0.5) is 4.79 Å². The Morgan fingerprint density at radius 3 is 2.77 bits per heavy atom. The van der Waals surface area contributed by atoms with Crippen molar-refractivity contribution in [3.63, 3.8) is 0 Å². The van der Waals surface area contributed by atoms with Crippen molar-refractivity contribution in [2.45, 2.75) is 44.2 Å². The molecule has 1 saturated heterocycles. The highest BCUT2D eigenvalue weighted by Crippen LogP contribution is 2.32. The molecule has 2 aromatic carbocycles. The monoisotopic (exact) mass is 404 g/mol. The highest BCUT2D eigenvalue weighted by molar-refractivity contribution is 5.83. The van der Waals surface area contributed by atoms with E-state index in [0.717, 1.165) is 53.4 Å². The van der Waals surface area contributed by atoms with E-state index < -0.39 is 6.09 Å². The first-order valence-corrected chi connectivity index (χ1v) is 10.4. The van der Waals surface area contributed by atoms with Crippen LogP contribution in [0.15, 0.2) is 42.5 Å². The van der Waals surface area contributed by atoms with Gasteiger partial charge in [0, 0.05) is 12.6 Å². The molecule has 2 fully saturated rings. The van der Waals surface area contributed by atoms with E-state index in [9.17, 15) is 14.7 Å². The Hall–Kier alpha value is -3.35. The van der Waals surface area contributed by atoms with Crippen molar-refractivity contribution in [3.8, 4) is 11.1 Å². The van der Waals surface area contributed by atoms with Gasteiger partial charge >= 0.3 is 6.09 Å². The van der Waals surface area contributed by atoms with Gasteiger partial charge in [-0.05, 0) is 54.5 Å². The Labute approximate surface area is 174 Å². The number of fused-ring (bicyclic) bond motifs is 1. The first kappa shape index (κ1) is 18.7. The van der Waals surface area contributed by atoms with E-state index in [1.807, 2.05) is 42.5 Å². The molecule has 30 heavy (non-hydrogen) atoms. The number of H-pyrrole nitrogens is 1. The first-order chi connectivity index (χ1) is 14.6. The van der Waals surface area contributed by atoms with Crippen molar-refractivity contribution in [1.29, 1.82) is 0 Å². The van der Waals surface area contributed by atoms with E-state index in [4.69, 9.17) is 0 Å². The molecule has 1 unspecified atom stereocenters. The Morgan fingerprint density at radius 2 is 1.97 bits per heavy atom. The number of nitrogens with one attached hydrogen (secondary N) is 2. The molecule has 0 spiro atoms. The van der Waals surface area contributed by atoms with E-state index >= 15 is 0 Å². The molecule has 1 saturated carbocycles. The van der Waals surface area contributed by atoms with Crippen LogP contribution < -0.4 is 5.32 Å². The van der Waals surface area contributed by atoms with Crippen molar-refractivity contribution in [2.75, 3.05) is 6.54 Å². The van der Waals surface area contributed by atoms with E-state index in [0.29, 0.717) is 24.8 Å². The van der Waals surface area contributed by atoms with Gasteiger partial charge in [-0.2, -0.15) is 0 Å². The Bertz CT molecular complexity index is 1120. The van der Waals surface area contributed by atoms with Crippen LogP contribution >= 0.6 is 0 Å². The summed E-state index contributed by atoms with van der Waals surface area (Å²) in [7, 11) is 0. The number of carboxylic acid groups (broad SMARTS) is 1. The van der Waals surface area contributed by atoms with Gasteiger partial charge in [0.25, 0.3) is 0 Å². The van der Waals surface area contributed by atoms with Crippen molar-refractivity contribution in [2.24, 2.45) is 0 Å². The summed E-state index contributed by atoms with van der Waals surface area (Å²) in [5.41, 5.74) is 4.77. The van der Waals surface area contributed by atoms with Crippen molar-refractivity contribution >= 4 is 23.0 Å². The molecule has 1 aliphatic carbocycles. The third kappa shape index (κ3) is 3.75. The van der Waals surface area contributed by atoms with Gasteiger partial charge in [-0.25, -0.2) is 9.78 Å². The maximum atomic E-state index is 12.1. The lowest BCUT2D eigenvalue weighted by atomic mass is 10.0. The molecule has 2 heterocycles. The molecular weight excluding hydrogens is 380 g/mol. The summed E-state index contributed by atoms with van der Waals surface area (Å²) in [4.78, 5) is 33.0. The molecule has 3 aromatic rings. The second-order valence-corrected chi connectivity index (χ2v) is 8.21. The number of benzene rings is 2. The summed E-state index contributed by atoms with van der Waals surface area (Å²) in [6, 6.07) is 14.2. The van der Waals surface area contributed by atoms with E-state index in [2.05, 4.69) is 15.3 Å². The van der Waals surface area contributed by atoms with Gasteiger partial charge in [0.05, 0.1) is 23.5 Å². The zero-order valence-electron chi connectivity index (χ0n) is 16.6. The zero-order valence-corrected chi connectivity index (χ0v) is 16.6. The SMILES string of the molecule is O=C(Cc1cccc(-c2ccc3nc(C4CCCN4C(=O)O)[nH]c3c2)c1)NC1CC1. The van der Waals surface area contributed by atoms with Crippen LogP contribution in [-0.2, 0) is 11.2 Å². The van der Waals surface area contributed by atoms with Crippen LogP contribution in [0, 0.1) is 0 Å².